The summed E-state index contributed by atoms with van der Waals surface area (Å²) >= 11 is 0. The maximum absolute atomic E-state index is 5.79. The largest absolute Gasteiger partial charge is 0.381 e. The van der Waals surface area contributed by atoms with Crippen LogP contribution in [-0.2, 0) is 4.74 Å². The molecule has 2 nitrogen and oxygen atoms in total. The molecule has 2 heteroatoms. The molecule has 0 radical (unpaired) electrons. The Morgan fingerprint density at radius 3 is 2.69 bits per heavy atom. The van der Waals surface area contributed by atoms with Crippen molar-refractivity contribution < 1.29 is 4.74 Å². The predicted octanol–water partition coefficient (Wildman–Crippen LogP) is 2.58. The monoisotopic (exact) mass is 223 g/mol. The molecule has 1 N–H and O–H groups in total. The summed E-state index contributed by atoms with van der Waals surface area (Å²) in [6.45, 7) is 5.22. The zero-order chi connectivity index (χ0) is 11.0. The highest BCUT2D eigenvalue weighted by Crippen LogP contribution is 2.56. The molecule has 0 spiro atoms. The second-order valence-electron chi connectivity index (χ2n) is 6.23. The van der Waals surface area contributed by atoms with Crippen LogP contribution < -0.4 is 5.32 Å². The molecule has 0 heterocycles. The Hall–Kier alpha value is -0.0800. The van der Waals surface area contributed by atoms with Gasteiger partial charge in [0.25, 0.3) is 0 Å². The molecule has 0 aromatic rings. The van der Waals surface area contributed by atoms with Gasteiger partial charge in [-0.25, -0.2) is 0 Å². The van der Waals surface area contributed by atoms with Gasteiger partial charge in [0.2, 0.25) is 0 Å². The van der Waals surface area contributed by atoms with Crippen LogP contribution in [0.4, 0.5) is 0 Å². The minimum Gasteiger partial charge on any atom is -0.381 e. The first kappa shape index (κ1) is 11.0. The zero-order valence-electron chi connectivity index (χ0n) is 10.5. The lowest BCUT2D eigenvalue weighted by atomic mass is 9.73. The maximum atomic E-state index is 5.79. The summed E-state index contributed by atoms with van der Waals surface area (Å²) in [6.07, 6.45) is 8.67. The van der Waals surface area contributed by atoms with E-state index in [0.717, 1.165) is 31.1 Å². The van der Waals surface area contributed by atoms with Crippen LogP contribution in [-0.4, -0.2) is 25.8 Å². The molecule has 3 rings (SSSR count). The first-order chi connectivity index (χ1) is 7.82. The number of hydrogen-bond donors (Lipinski definition) is 1. The quantitative estimate of drug-likeness (QED) is 0.747. The smallest absolute Gasteiger partial charge is 0.0537 e. The van der Waals surface area contributed by atoms with Crippen molar-refractivity contribution in [2.45, 2.75) is 51.5 Å². The molecule has 92 valence electrons. The van der Waals surface area contributed by atoms with Crippen molar-refractivity contribution in [2.24, 2.45) is 17.3 Å². The summed E-state index contributed by atoms with van der Waals surface area (Å²) in [7, 11) is 0. The summed E-state index contributed by atoms with van der Waals surface area (Å²) in [5.41, 5.74) is 0.502. The van der Waals surface area contributed by atoms with Gasteiger partial charge in [-0.05, 0) is 50.9 Å². The van der Waals surface area contributed by atoms with Gasteiger partial charge >= 0.3 is 0 Å². The van der Waals surface area contributed by atoms with Crippen molar-refractivity contribution >= 4 is 0 Å². The average Bonchev–Trinajstić information content (AvgIpc) is 2.93. The van der Waals surface area contributed by atoms with Gasteiger partial charge in [0.1, 0.15) is 0 Å². The molecule has 0 aliphatic heterocycles. The van der Waals surface area contributed by atoms with Crippen molar-refractivity contribution in [2.75, 3.05) is 19.8 Å². The Morgan fingerprint density at radius 1 is 1.25 bits per heavy atom. The van der Waals surface area contributed by atoms with Gasteiger partial charge in [-0.2, -0.15) is 0 Å². The summed E-state index contributed by atoms with van der Waals surface area (Å²) < 4.78 is 5.79. The maximum Gasteiger partial charge on any atom is 0.0537 e. The van der Waals surface area contributed by atoms with E-state index in [-0.39, 0.29) is 0 Å². The number of hydrogen-bond acceptors (Lipinski definition) is 2. The van der Waals surface area contributed by atoms with Crippen LogP contribution >= 0.6 is 0 Å². The van der Waals surface area contributed by atoms with Gasteiger partial charge in [0.15, 0.2) is 0 Å². The Balaban J connectivity index is 1.62. The molecule has 3 aliphatic rings. The molecular formula is C14H25NO. The Kier molecular flexibility index (Phi) is 2.97. The first-order valence-corrected chi connectivity index (χ1v) is 7.13. The van der Waals surface area contributed by atoms with Crippen molar-refractivity contribution in [3.05, 3.63) is 0 Å². The molecule has 0 aromatic heterocycles. The summed E-state index contributed by atoms with van der Waals surface area (Å²) in [5.74, 6) is 1.97. The fraction of sp³-hybridized carbons (Fsp3) is 1.00. The highest BCUT2D eigenvalue weighted by atomic mass is 16.5. The van der Waals surface area contributed by atoms with Crippen LogP contribution in [0.15, 0.2) is 0 Å². The molecule has 0 saturated heterocycles. The molecule has 0 aromatic carbocycles. The van der Waals surface area contributed by atoms with E-state index < -0.39 is 0 Å². The van der Waals surface area contributed by atoms with Gasteiger partial charge in [0, 0.05) is 24.6 Å². The van der Waals surface area contributed by atoms with Crippen molar-refractivity contribution in [1.82, 2.24) is 5.32 Å². The molecule has 3 aliphatic carbocycles. The summed E-state index contributed by atoms with van der Waals surface area (Å²) in [4.78, 5) is 0. The highest BCUT2D eigenvalue weighted by molar-refractivity contribution is 5.02. The van der Waals surface area contributed by atoms with Crippen LogP contribution in [0.25, 0.3) is 0 Å². The molecule has 0 amide bonds. The fourth-order valence-electron chi connectivity index (χ4n) is 3.94. The molecule has 3 unspecified atom stereocenters. The third-order valence-electron chi connectivity index (χ3n) is 5.02. The van der Waals surface area contributed by atoms with Gasteiger partial charge in [-0.1, -0.05) is 6.42 Å². The minimum atomic E-state index is 0.502. The topological polar surface area (TPSA) is 21.3 Å². The average molecular weight is 223 g/mol. The van der Waals surface area contributed by atoms with E-state index in [1.54, 1.807) is 0 Å². The van der Waals surface area contributed by atoms with E-state index in [9.17, 15) is 0 Å². The minimum absolute atomic E-state index is 0.502. The third-order valence-corrected chi connectivity index (χ3v) is 5.02. The van der Waals surface area contributed by atoms with E-state index >= 15 is 0 Å². The Bertz CT molecular complexity index is 251. The van der Waals surface area contributed by atoms with Crippen LogP contribution in [0.2, 0.25) is 0 Å². The lowest BCUT2D eigenvalue weighted by molar-refractivity contribution is 0.0137. The second kappa shape index (κ2) is 4.30. The molecular weight excluding hydrogens is 198 g/mol. The van der Waals surface area contributed by atoms with Gasteiger partial charge < -0.3 is 10.1 Å². The SMILES string of the molecule is CCOCC1(CNC2CC2)CC2CCC1C2. The van der Waals surface area contributed by atoms with Gasteiger partial charge in [-0.15, -0.1) is 0 Å². The Labute approximate surface area is 99.1 Å². The first-order valence-electron chi connectivity index (χ1n) is 7.13. The normalized spacial score (nSPS) is 41.8. The van der Waals surface area contributed by atoms with E-state index in [0.29, 0.717) is 5.41 Å². The highest BCUT2D eigenvalue weighted by Gasteiger charge is 2.51. The van der Waals surface area contributed by atoms with Crippen LogP contribution in [0, 0.1) is 17.3 Å². The van der Waals surface area contributed by atoms with Crippen molar-refractivity contribution in [1.29, 1.82) is 0 Å². The lowest BCUT2D eigenvalue weighted by Gasteiger charge is -2.38. The van der Waals surface area contributed by atoms with Crippen LogP contribution in [0.3, 0.4) is 0 Å². The molecule has 3 atom stereocenters. The summed E-state index contributed by atoms with van der Waals surface area (Å²) in [6, 6.07) is 0.845. The van der Waals surface area contributed by atoms with Crippen LogP contribution in [0.1, 0.15) is 45.4 Å². The number of nitrogens with one attached hydrogen (secondary N) is 1. The Morgan fingerprint density at radius 2 is 2.12 bits per heavy atom. The molecule has 16 heavy (non-hydrogen) atoms. The number of fused-ring (bicyclic) bond motifs is 2. The fourth-order valence-corrected chi connectivity index (χ4v) is 3.94. The standard InChI is InChI=1S/C14H25NO/c1-2-16-10-14(9-15-13-5-6-13)8-11-3-4-12(14)7-11/h11-13,15H,2-10H2,1H3. The number of rotatable bonds is 6. The summed E-state index contributed by atoms with van der Waals surface area (Å²) in [5, 5.41) is 3.75. The lowest BCUT2D eigenvalue weighted by Crippen LogP contribution is -2.43. The molecule has 3 fully saturated rings. The van der Waals surface area contributed by atoms with Crippen LogP contribution in [0.5, 0.6) is 0 Å². The van der Waals surface area contributed by atoms with E-state index in [4.69, 9.17) is 4.74 Å². The zero-order valence-corrected chi connectivity index (χ0v) is 10.5. The predicted molar refractivity (Wildman–Crippen MR) is 65.4 cm³/mol. The molecule has 3 saturated carbocycles. The van der Waals surface area contributed by atoms with E-state index in [1.807, 2.05) is 0 Å². The third kappa shape index (κ3) is 2.02. The van der Waals surface area contributed by atoms with Crippen molar-refractivity contribution in [3.63, 3.8) is 0 Å². The second-order valence-corrected chi connectivity index (χ2v) is 6.23. The van der Waals surface area contributed by atoms with E-state index in [1.165, 1.54) is 45.1 Å². The van der Waals surface area contributed by atoms with Crippen molar-refractivity contribution in [3.8, 4) is 0 Å². The van der Waals surface area contributed by atoms with E-state index in [2.05, 4.69) is 12.2 Å². The number of ether oxygens (including phenoxy) is 1. The molecule has 2 bridgehead atoms. The van der Waals surface area contributed by atoms with Gasteiger partial charge in [-0.3, -0.25) is 0 Å². The van der Waals surface area contributed by atoms with Gasteiger partial charge in [0.05, 0.1) is 6.61 Å².